The second-order valence-electron chi connectivity index (χ2n) is 2.56. The van der Waals surface area contributed by atoms with Crippen LogP contribution in [0.3, 0.4) is 0 Å². The van der Waals surface area contributed by atoms with Crippen molar-refractivity contribution >= 4 is 0 Å². The van der Waals surface area contributed by atoms with Crippen molar-refractivity contribution in [3.05, 3.63) is 18.0 Å². The monoisotopic (exact) mass is 179 g/mol. The van der Waals surface area contributed by atoms with Crippen molar-refractivity contribution in [3.8, 4) is 11.5 Å². The number of H-pyrrole nitrogens is 1. The molecule has 13 heavy (non-hydrogen) atoms. The molecule has 0 spiro atoms. The number of aromatic amines is 1. The first-order valence-corrected chi connectivity index (χ1v) is 3.83. The molecule has 2 heterocycles. The molecule has 0 saturated heterocycles. The fourth-order valence-electron chi connectivity index (χ4n) is 0.967. The van der Waals surface area contributed by atoms with Crippen LogP contribution in [0.25, 0.3) is 11.5 Å². The summed E-state index contributed by atoms with van der Waals surface area (Å²) in [5.74, 6) is 1.74. The predicted octanol–water partition coefficient (Wildman–Crippen LogP) is 0.227. The minimum absolute atomic E-state index is 0.337. The van der Waals surface area contributed by atoms with Crippen LogP contribution in [0, 0.1) is 6.92 Å². The summed E-state index contributed by atoms with van der Waals surface area (Å²) in [7, 11) is 0. The van der Waals surface area contributed by atoms with Crippen LogP contribution in [0.5, 0.6) is 0 Å². The molecule has 0 aliphatic rings. The van der Waals surface area contributed by atoms with Gasteiger partial charge in [0.1, 0.15) is 17.8 Å². The highest BCUT2D eigenvalue weighted by atomic mass is 16.3. The van der Waals surface area contributed by atoms with Crippen molar-refractivity contribution in [2.24, 2.45) is 5.73 Å². The normalized spacial score (nSPS) is 10.6. The summed E-state index contributed by atoms with van der Waals surface area (Å²) < 4.78 is 5.03. The first-order chi connectivity index (χ1) is 6.29. The summed E-state index contributed by atoms with van der Waals surface area (Å²) in [5.41, 5.74) is 5.99. The van der Waals surface area contributed by atoms with E-state index in [0.717, 1.165) is 0 Å². The van der Waals surface area contributed by atoms with Crippen LogP contribution in [-0.4, -0.2) is 20.2 Å². The third kappa shape index (κ3) is 1.43. The average molecular weight is 179 g/mol. The molecule has 6 heteroatoms. The molecule has 0 aromatic carbocycles. The summed E-state index contributed by atoms with van der Waals surface area (Å²) >= 11 is 0. The molecule has 2 aromatic rings. The van der Waals surface area contributed by atoms with Crippen molar-refractivity contribution in [2.45, 2.75) is 13.5 Å². The van der Waals surface area contributed by atoms with Gasteiger partial charge in [0.2, 0.25) is 5.82 Å². The molecule has 0 saturated carbocycles. The highest BCUT2D eigenvalue weighted by molar-refractivity contribution is 5.45. The Labute approximate surface area is 74.2 Å². The largest absolute Gasteiger partial charge is 0.449 e. The maximum atomic E-state index is 5.37. The Hall–Kier alpha value is -1.69. The predicted molar refractivity (Wildman–Crippen MR) is 44.5 cm³/mol. The van der Waals surface area contributed by atoms with Gasteiger partial charge in [0.25, 0.3) is 0 Å². The quantitative estimate of drug-likeness (QED) is 0.688. The van der Waals surface area contributed by atoms with Crippen LogP contribution >= 0.6 is 0 Å². The van der Waals surface area contributed by atoms with E-state index in [-0.39, 0.29) is 0 Å². The van der Waals surface area contributed by atoms with Crippen LogP contribution in [-0.2, 0) is 6.54 Å². The third-order valence-corrected chi connectivity index (χ3v) is 1.57. The van der Waals surface area contributed by atoms with Crippen molar-refractivity contribution in [1.82, 2.24) is 20.2 Å². The lowest BCUT2D eigenvalue weighted by Crippen LogP contribution is -1.97. The smallest absolute Gasteiger partial charge is 0.203 e. The fourth-order valence-corrected chi connectivity index (χ4v) is 0.967. The molecule has 0 amide bonds. The molecule has 0 fully saturated rings. The Kier molecular flexibility index (Phi) is 1.82. The first kappa shape index (κ1) is 7.93. The summed E-state index contributed by atoms with van der Waals surface area (Å²) in [6.45, 7) is 2.10. The molecule has 68 valence electrons. The lowest BCUT2D eigenvalue weighted by molar-refractivity contribution is 0.521. The van der Waals surface area contributed by atoms with Crippen molar-refractivity contribution < 1.29 is 4.42 Å². The van der Waals surface area contributed by atoms with E-state index in [1.54, 1.807) is 6.92 Å². The van der Waals surface area contributed by atoms with Gasteiger partial charge in [-0.05, 0) is 0 Å². The minimum Gasteiger partial charge on any atom is -0.449 e. The van der Waals surface area contributed by atoms with Gasteiger partial charge in [0.15, 0.2) is 5.89 Å². The Bertz CT molecular complexity index is 404. The lowest BCUT2D eigenvalue weighted by Gasteiger charge is -1.82. The van der Waals surface area contributed by atoms with E-state index in [2.05, 4.69) is 20.2 Å². The van der Waals surface area contributed by atoms with E-state index in [4.69, 9.17) is 10.2 Å². The topological polar surface area (TPSA) is 93.6 Å². The molecule has 3 N–H and O–H groups in total. The Morgan fingerprint density at radius 1 is 1.54 bits per heavy atom. The van der Waals surface area contributed by atoms with Gasteiger partial charge in [0.05, 0.1) is 6.54 Å². The highest BCUT2D eigenvalue weighted by Gasteiger charge is 2.08. The number of rotatable bonds is 2. The van der Waals surface area contributed by atoms with E-state index >= 15 is 0 Å². The Morgan fingerprint density at radius 3 is 2.92 bits per heavy atom. The molecule has 0 atom stereocenters. The maximum absolute atomic E-state index is 5.37. The second kappa shape index (κ2) is 2.98. The van der Waals surface area contributed by atoms with Crippen LogP contribution in [0.15, 0.2) is 10.7 Å². The van der Waals surface area contributed by atoms with Crippen molar-refractivity contribution in [2.75, 3.05) is 0 Å². The zero-order valence-corrected chi connectivity index (χ0v) is 7.11. The zero-order valence-electron chi connectivity index (χ0n) is 7.11. The first-order valence-electron chi connectivity index (χ1n) is 3.83. The zero-order chi connectivity index (χ0) is 9.26. The number of hydrogen-bond acceptors (Lipinski definition) is 5. The van der Waals surface area contributed by atoms with Crippen LogP contribution in [0.2, 0.25) is 0 Å². The number of nitrogens with zero attached hydrogens (tertiary/aromatic N) is 3. The number of aromatic nitrogens is 4. The summed E-state index contributed by atoms with van der Waals surface area (Å²) in [5, 5.41) is 6.63. The highest BCUT2D eigenvalue weighted by Crippen LogP contribution is 2.12. The summed E-state index contributed by atoms with van der Waals surface area (Å²) in [6.07, 6.45) is 1.51. The standard InChI is InChI=1S/C7H9N5O/c1-4-9-5(3-13-4)7-10-6(2-8)11-12-7/h3H,2,8H2,1H3,(H,10,11,12). The average Bonchev–Trinajstić information content (AvgIpc) is 2.71. The van der Waals surface area contributed by atoms with Crippen molar-refractivity contribution in [1.29, 1.82) is 0 Å². The maximum Gasteiger partial charge on any atom is 0.203 e. The van der Waals surface area contributed by atoms with Gasteiger partial charge in [0, 0.05) is 6.92 Å². The van der Waals surface area contributed by atoms with E-state index < -0.39 is 0 Å². The van der Waals surface area contributed by atoms with Gasteiger partial charge in [-0.25, -0.2) is 9.97 Å². The van der Waals surface area contributed by atoms with Gasteiger partial charge in [-0.1, -0.05) is 0 Å². The molecular weight excluding hydrogens is 170 g/mol. The number of nitrogens with two attached hydrogens (primary N) is 1. The van der Waals surface area contributed by atoms with E-state index in [0.29, 0.717) is 29.8 Å². The molecule has 0 radical (unpaired) electrons. The van der Waals surface area contributed by atoms with Gasteiger partial charge in [-0.3, -0.25) is 5.10 Å². The molecular formula is C7H9N5O. The summed E-state index contributed by atoms with van der Waals surface area (Å²) in [4.78, 5) is 8.17. The van der Waals surface area contributed by atoms with Crippen molar-refractivity contribution in [3.63, 3.8) is 0 Å². The molecule has 0 unspecified atom stereocenters. The Morgan fingerprint density at radius 2 is 2.38 bits per heavy atom. The SMILES string of the molecule is Cc1nc(-c2n[nH]c(CN)n2)co1. The van der Waals surface area contributed by atoms with E-state index in [1.165, 1.54) is 6.26 Å². The number of hydrogen-bond donors (Lipinski definition) is 2. The number of aryl methyl sites for hydroxylation is 1. The van der Waals surface area contributed by atoms with Gasteiger partial charge in [-0.15, -0.1) is 0 Å². The molecule has 6 nitrogen and oxygen atoms in total. The van der Waals surface area contributed by atoms with Gasteiger partial charge < -0.3 is 10.2 Å². The third-order valence-electron chi connectivity index (χ3n) is 1.57. The van der Waals surface area contributed by atoms with E-state index in [1.807, 2.05) is 0 Å². The number of oxazole rings is 1. The molecule has 0 bridgehead atoms. The molecule has 0 aliphatic carbocycles. The van der Waals surface area contributed by atoms with Gasteiger partial charge >= 0.3 is 0 Å². The fraction of sp³-hybridized carbons (Fsp3) is 0.286. The minimum atomic E-state index is 0.337. The van der Waals surface area contributed by atoms with Crippen LogP contribution < -0.4 is 5.73 Å². The van der Waals surface area contributed by atoms with Gasteiger partial charge in [-0.2, -0.15) is 5.10 Å². The second-order valence-corrected chi connectivity index (χ2v) is 2.56. The molecule has 2 rings (SSSR count). The Balaban J connectivity index is 2.35. The van der Waals surface area contributed by atoms with Crippen LogP contribution in [0.1, 0.15) is 11.7 Å². The summed E-state index contributed by atoms with van der Waals surface area (Å²) in [6, 6.07) is 0. The van der Waals surface area contributed by atoms with Crippen LogP contribution in [0.4, 0.5) is 0 Å². The lowest BCUT2D eigenvalue weighted by atomic mass is 10.5. The molecule has 2 aromatic heterocycles. The number of nitrogens with one attached hydrogen (secondary N) is 1. The molecule has 0 aliphatic heterocycles. The van der Waals surface area contributed by atoms with E-state index in [9.17, 15) is 0 Å².